The fourth-order valence-electron chi connectivity index (χ4n) is 3.67. The van der Waals surface area contributed by atoms with E-state index in [-0.39, 0.29) is 11.4 Å². The van der Waals surface area contributed by atoms with Crippen LogP contribution in [0.1, 0.15) is 54.4 Å². The Morgan fingerprint density at radius 3 is 1.94 bits per heavy atom. The first-order chi connectivity index (χ1) is 15.5. The second-order valence-electron chi connectivity index (χ2n) is 7.91. The molecule has 2 atom stereocenters. The molecule has 3 aromatic rings. The molecule has 0 saturated heterocycles. The largest absolute Gasteiger partial charge is 0.239 e. The standard InChI is InChI=1S/C29H29F3/c1-3-5-7-8-21-10-12-24(13-11-21)28(31)29(32)25-17-14-22(15-18-25)26-19-16-23(9-6-4-2)27(30)20-26/h3-5,10-20,28-29H,2,6-9H2,1H3/b5-3+. The highest BCUT2D eigenvalue weighted by atomic mass is 19.2. The molecule has 0 radical (unpaired) electrons. The van der Waals surface area contributed by atoms with Gasteiger partial charge in [0.25, 0.3) is 0 Å². The summed E-state index contributed by atoms with van der Waals surface area (Å²) in [6, 6.07) is 18.7. The van der Waals surface area contributed by atoms with Gasteiger partial charge in [-0.15, -0.1) is 6.58 Å². The first-order valence-electron chi connectivity index (χ1n) is 11.0. The maximum atomic E-state index is 14.9. The smallest absolute Gasteiger partial charge is 0.160 e. The lowest BCUT2D eigenvalue weighted by Crippen LogP contribution is -2.02. The topological polar surface area (TPSA) is 0 Å². The van der Waals surface area contributed by atoms with E-state index in [1.807, 2.05) is 31.2 Å². The third-order valence-corrected chi connectivity index (χ3v) is 5.62. The Bertz CT molecular complexity index is 1030. The normalized spacial score (nSPS) is 13.2. The summed E-state index contributed by atoms with van der Waals surface area (Å²) in [6.07, 6.45) is 5.45. The van der Waals surface area contributed by atoms with Gasteiger partial charge >= 0.3 is 0 Å². The summed E-state index contributed by atoms with van der Waals surface area (Å²) in [5, 5.41) is 0. The molecule has 0 fully saturated rings. The van der Waals surface area contributed by atoms with Crippen molar-refractivity contribution in [2.75, 3.05) is 0 Å². The van der Waals surface area contributed by atoms with Gasteiger partial charge in [-0.3, -0.25) is 0 Å². The molecular weight excluding hydrogens is 405 g/mol. The monoisotopic (exact) mass is 434 g/mol. The molecule has 0 saturated carbocycles. The van der Waals surface area contributed by atoms with E-state index in [0.717, 1.165) is 24.0 Å². The SMILES string of the molecule is C=CCCc1ccc(-c2ccc(C(F)C(F)c3ccc(CC/C=C/C)cc3)cc2)cc1F. The minimum atomic E-state index is -1.77. The average molecular weight is 435 g/mol. The molecule has 0 aromatic heterocycles. The molecule has 3 rings (SSSR count). The van der Waals surface area contributed by atoms with E-state index in [4.69, 9.17) is 0 Å². The second-order valence-corrected chi connectivity index (χ2v) is 7.91. The van der Waals surface area contributed by atoms with Crippen LogP contribution in [0.25, 0.3) is 11.1 Å². The van der Waals surface area contributed by atoms with Crippen LogP contribution >= 0.6 is 0 Å². The van der Waals surface area contributed by atoms with E-state index in [0.29, 0.717) is 29.5 Å². The van der Waals surface area contributed by atoms with Gasteiger partial charge in [-0.05, 0) is 72.1 Å². The van der Waals surface area contributed by atoms with Gasteiger partial charge in [-0.1, -0.05) is 78.9 Å². The highest BCUT2D eigenvalue weighted by Crippen LogP contribution is 2.36. The van der Waals surface area contributed by atoms with Crippen molar-refractivity contribution in [1.82, 2.24) is 0 Å². The van der Waals surface area contributed by atoms with Gasteiger partial charge in [0.2, 0.25) is 0 Å². The van der Waals surface area contributed by atoms with Crippen LogP contribution in [0.15, 0.2) is 91.5 Å². The molecule has 2 unspecified atom stereocenters. The molecule has 0 N–H and O–H groups in total. The summed E-state index contributed by atoms with van der Waals surface area (Å²) in [5.74, 6) is -0.269. The van der Waals surface area contributed by atoms with Crippen LogP contribution in [0.2, 0.25) is 0 Å². The lowest BCUT2D eigenvalue weighted by atomic mass is 9.96. The van der Waals surface area contributed by atoms with Gasteiger partial charge in [0.15, 0.2) is 12.3 Å². The number of hydrogen-bond donors (Lipinski definition) is 0. The fourth-order valence-corrected chi connectivity index (χ4v) is 3.67. The van der Waals surface area contributed by atoms with Crippen LogP contribution in [-0.2, 0) is 12.8 Å². The molecule has 0 spiro atoms. The molecule has 32 heavy (non-hydrogen) atoms. The van der Waals surface area contributed by atoms with Crippen LogP contribution in [0.4, 0.5) is 13.2 Å². The third-order valence-electron chi connectivity index (χ3n) is 5.62. The molecule has 0 aliphatic carbocycles. The van der Waals surface area contributed by atoms with Crippen molar-refractivity contribution in [3.63, 3.8) is 0 Å². The summed E-state index contributed by atoms with van der Waals surface area (Å²) in [7, 11) is 0. The van der Waals surface area contributed by atoms with Gasteiger partial charge in [0.1, 0.15) is 5.82 Å². The van der Waals surface area contributed by atoms with Crippen molar-refractivity contribution in [3.05, 3.63) is 120 Å². The van der Waals surface area contributed by atoms with Gasteiger partial charge in [-0.2, -0.15) is 0 Å². The molecule has 3 aromatic carbocycles. The third kappa shape index (κ3) is 6.00. The Hall–Kier alpha value is -3.07. The summed E-state index contributed by atoms with van der Waals surface area (Å²) in [6.45, 7) is 5.64. The van der Waals surface area contributed by atoms with E-state index >= 15 is 0 Å². The van der Waals surface area contributed by atoms with E-state index in [2.05, 4.69) is 12.7 Å². The predicted octanol–water partition coefficient (Wildman–Crippen LogP) is 8.84. The van der Waals surface area contributed by atoms with Crippen molar-refractivity contribution in [2.24, 2.45) is 0 Å². The molecular formula is C29H29F3. The summed E-state index contributed by atoms with van der Waals surface area (Å²) >= 11 is 0. The van der Waals surface area contributed by atoms with Crippen molar-refractivity contribution < 1.29 is 13.2 Å². The summed E-state index contributed by atoms with van der Waals surface area (Å²) < 4.78 is 44.0. The molecule has 0 bridgehead atoms. The molecule has 0 aliphatic rings. The van der Waals surface area contributed by atoms with Gasteiger partial charge < -0.3 is 0 Å². The number of benzene rings is 3. The van der Waals surface area contributed by atoms with E-state index in [1.54, 1.807) is 48.5 Å². The number of halogens is 3. The highest BCUT2D eigenvalue weighted by molar-refractivity contribution is 5.64. The molecule has 0 aliphatic heterocycles. The minimum Gasteiger partial charge on any atom is -0.239 e. The molecule has 0 nitrogen and oxygen atoms in total. The average Bonchev–Trinajstić information content (AvgIpc) is 2.83. The zero-order chi connectivity index (χ0) is 22.9. The lowest BCUT2D eigenvalue weighted by molar-refractivity contribution is 0.170. The summed E-state index contributed by atoms with van der Waals surface area (Å²) in [5.41, 5.74) is 3.80. The zero-order valence-corrected chi connectivity index (χ0v) is 18.4. The number of hydrogen-bond acceptors (Lipinski definition) is 0. The minimum absolute atomic E-state index is 0.265. The van der Waals surface area contributed by atoms with E-state index < -0.39 is 12.3 Å². The van der Waals surface area contributed by atoms with Gasteiger partial charge in [0, 0.05) is 0 Å². The molecule has 3 heteroatoms. The van der Waals surface area contributed by atoms with Crippen molar-refractivity contribution in [2.45, 2.75) is 45.0 Å². The van der Waals surface area contributed by atoms with Gasteiger partial charge in [-0.25, -0.2) is 13.2 Å². The fraction of sp³-hybridized carbons (Fsp3) is 0.241. The maximum absolute atomic E-state index is 14.9. The number of alkyl halides is 2. The number of rotatable bonds is 10. The first kappa shape index (κ1) is 23.6. The van der Waals surface area contributed by atoms with E-state index in [9.17, 15) is 13.2 Å². The van der Waals surface area contributed by atoms with Crippen LogP contribution in [0, 0.1) is 5.82 Å². The molecule has 0 heterocycles. The van der Waals surface area contributed by atoms with Crippen molar-refractivity contribution in [1.29, 1.82) is 0 Å². The van der Waals surface area contributed by atoms with Gasteiger partial charge in [0.05, 0.1) is 0 Å². The Morgan fingerprint density at radius 2 is 1.38 bits per heavy atom. The van der Waals surface area contributed by atoms with Crippen molar-refractivity contribution >= 4 is 0 Å². The lowest BCUT2D eigenvalue weighted by Gasteiger charge is -2.15. The van der Waals surface area contributed by atoms with Crippen molar-refractivity contribution in [3.8, 4) is 11.1 Å². The van der Waals surface area contributed by atoms with Crippen LogP contribution < -0.4 is 0 Å². The zero-order valence-electron chi connectivity index (χ0n) is 18.4. The Labute approximate surface area is 189 Å². The Morgan fingerprint density at radius 1 is 0.781 bits per heavy atom. The number of aryl methyl sites for hydroxylation is 2. The highest BCUT2D eigenvalue weighted by Gasteiger charge is 2.24. The second kappa shape index (κ2) is 11.5. The first-order valence-corrected chi connectivity index (χ1v) is 11.0. The maximum Gasteiger partial charge on any atom is 0.160 e. The summed E-state index contributed by atoms with van der Waals surface area (Å²) in [4.78, 5) is 0. The Balaban J connectivity index is 1.68. The molecule has 0 amide bonds. The van der Waals surface area contributed by atoms with E-state index in [1.165, 1.54) is 6.07 Å². The molecule has 166 valence electrons. The predicted molar refractivity (Wildman–Crippen MR) is 128 cm³/mol. The number of allylic oxidation sites excluding steroid dienone is 3. The Kier molecular flexibility index (Phi) is 8.49. The van der Waals surface area contributed by atoms with Crippen LogP contribution in [0.3, 0.4) is 0 Å². The quantitative estimate of drug-likeness (QED) is 0.280. The van der Waals surface area contributed by atoms with Crippen LogP contribution in [-0.4, -0.2) is 0 Å². The van der Waals surface area contributed by atoms with Crippen LogP contribution in [0.5, 0.6) is 0 Å².